The van der Waals surface area contributed by atoms with E-state index in [0.717, 1.165) is 6.07 Å². The van der Waals surface area contributed by atoms with Crippen molar-refractivity contribution in [3.8, 4) is 0 Å². The number of alkyl halides is 3. The topological polar surface area (TPSA) is 71.8 Å². The van der Waals surface area contributed by atoms with Crippen molar-refractivity contribution in [3.63, 3.8) is 0 Å². The number of hydrogen-bond acceptors (Lipinski definition) is 6. The normalized spacial score (nSPS) is 11.5. The molecule has 0 amide bonds. The van der Waals surface area contributed by atoms with Crippen molar-refractivity contribution in [2.75, 3.05) is 30.9 Å². The number of anilines is 2. The average Bonchev–Trinajstić information content (AvgIpc) is 2.90. The molecule has 2 aromatic heterocycles. The first-order chi connectivity index (χ1) is 9.86. The lowest BCUT2D eigenvalue weighted by Crippen LogP contribution is -2.19. The van der Waals surface area contributed by atoms with E-state index in [1.807, 2.05) is 0 Å². The van der Waals surface area contributed by atoms with E-state index in [9.17, 15) is 13.2 Å². The van der Waals surface area contributed by atoms with Gasteiger partial charge in [0.05, 0.1) is 12.7 Å². The van der Waals surface area contributed by atoms with E-state index < -0.39 is 11.9 Å². The highest BCUT2D eigenvalue weighted by atomic mass is 19.4. The third-order valence-corrected chi connectivity index (χ3v) is 2.56. The van der Waals surface area contributed by atoms with Gasteiger partial charge in [0.15, 0.2) is 5.69 Å². The van der Waals surface area contributed by atoms with Crippen LogP contribution in [0.3, 0.4) is 0 Å². The quantitative estimate of drug-likeness (QED) is 0.896. The Kier molecular flexibility index (Phi) is 4.24. The molecule has 0 saturated carbocycles. The van der Waals surface area contributed by atoms with Gasteiger partial charge in [-0.05, 0) is 0 Å². The van der Waals surface area contributed by atoms with Crippen LogP contribution in [-0.4, -0.2) is 45.6 Å². The summed E-state index contributed by atoms with van der Waals surface area (Å²) in [7, 11) is 3.23. The van der Waals surface area contributed by atoms with Crippen LogP contribution in [0.15, 0.2) is 18.5 Å². The molecule has 0 aliphatic rings. The lowest BCUT2D eigenvalue weighted by molar-refractivity contribution is -0.141. The number of hydrogen-bond donors (Lipinski definition) is 1. The summed E-state index contributed by atoms with van der Waals surface area (Å²) >= 11 is 0. The molecule has 10 heteroatoms. The highest BCUT2D eigenvalue weighted by Gasteiger charge is 2.33. The Hall–Kier alpha value is -2.39. The highest BCUT2D eigenvalue weighted by molar-refractivity contribution is 5.44. The predicted molar refractivity (Wildman–Crippen MR) is 69.9 cm³/mol. The Labute approximate surface area is 118 Å². The zero-order valence-corrected chi connectivity index (χ0v) is 11.5. The Morgan fingerprint density at radius 1 is 1.29 bits per heavy atom. The fourth-order valence-corrected chi connectivity index (χ4v) is 1.52. The second-order valence-corrected chi connectivity index (χ2v) is 4.42. The average molecular weight is 301 g/mol. The van der Waals surface area contributed by atoms with Gasteiger partial charge in [-0.15, -0.1) is 5.10 Å². The summed E-state index contributed by atoms with van der Waals surface area (Å²) in [5.74, 6) is 0.106. The summed E-state index contributed by atoms with van der Waals surface area (Å²) in [4.78, 5) is 9.00. The molecule has 114 valence electrons. The second kappa shape index (κ2) is 5.94. The SMILES string of the molecule is CN(C)c1cc(C(F)(F)F)nc(NCCn2ccnn2)n1. The molecule has 0 fully saturated rings. The maximum Gasteiger partial charge on any atom is 0.433 e. The van der Waals surface area contributed by atoms with Gasteiger partial charge in [0, 0.05) is 32.9 Å². The first kappa shape index (κ1) is 15.0. The molecular formula is C11H14F3N7. The Bertz CT molecular complexity index is 580. The second-order valence-electron chi connectivity index (χ2n) is 4.42. The number of nitrogens with zero attached hydrogens (tertiary/aromatic N) is 6. The minimum atomic E-state index is -4.52. The molecule has 2 heterocycles. The number of nitrogens with one attached hydrogen (secondary N) is 1. The molecule has 2 rings (SSSR count). The first-order valence-electron chi connectivity index (χ1n) is 6.08. The molecule has 0 radical (unpaired) electrons. The number of rotatable bonds is 5. The number of halogens is 3. The summed E-state index contributed by atoms with van der Waals surface area (Å²) in [6.45, 7) is 0.772. The van der Waals surface area contributed by atoms with E-state index in [1.54, 1.807) is 25.0 Å². The van der Waals surface area contributed by atoms with Gasteiger partial charge in [-0.25, -0.2) is 4.98 Å². The summed E-state index contributed by atoms with van der Waals surface area (Å²) in [5.41, 5.74) is -0.982. The lowest BCUT2D eigenvalue weighted by atomic mass is 10.3. The fraction of sp³-hybridized carbons (Fsp3) is 0.455. The third-order valence-electron chi connectivity index (χ3n) is 2.56. The van der Waals surface area contributed by atoms with Crippen LogP contribution in [0.25, 0.3) is 0 Å². The zero-order chi connectivity index (χ0) is 15.5. The van der Waals surface area contributed by atoms with Crippen LogP contribution in [0.4, 0.5) is 24.9 Å². The zero-order valence-electron chi connectivity index (χ0n) is 11.5. The van der Waals surface area contributed by atoms with Crippen molar-refractivity contribution in [1.82, 2.24) is 25.0 Å². The van der Waals surface area contributed by atoms with Gasteiger partial charge < -0.3 is 10.2 Å². The molecule has 0 aliphatic carbocycles. The summed E-state index contributed by atoms with van der Waals surface area (Å²) in [6, 6.07) is 0.905. The summed E-state index contributed by atoms with van der Waals surface area (Å²) in [5, 5.41) is 10.1. The number of aromatic nitrogens is 5. The molecule has 2 aromatic rings. The molecule has 7 nitrogen and oxygen atoms in total. The van der Waals surface area contributed by atoms with E-state index in [0.29, 0.717) is 13.1 Å². The van der Waals surface area contributed by atoms with Crippen molar-refractivity contribution in [2.24, 2.45) is 0 Å². The van der Waals surface area contributed by atoms with Gasteiger partial charge in [-0.3, -0.25) is 4.68 Å². The van der Waals surface area contributed by atoms with E-state index in [-0.39, 0.29) is 11.8 Å². The molecule has 0 atom stereocenters. The van der Waals surface area contributed by atoms with Crippen LogP contribution in [0.2, 0.25) is 0 Å². The summed E-state index contributed by atoms with van der Waals surface area (Å²) < 4.78 is 39.9. The van der Waals surface area contributed by atoms with Crippen molar-refractivity contribution < 1.29 is 13.2 Å². The fourth-order valence-electron chi connectivity index (χ4n) is 1.52. The molecule has 1 N–H and O–H groups in total. The molecule has 0 aromatic carbocycles. The van der Waals surface area contributed by atoms with E-state index in [2.05, 4.69) is 25.6 Å². The molecule has 0 saturated heterocycles. The van der Waals surface area contributed by atoms with Gasteiger partial charge in [0.1, 0.15) is 5.82 Å². The van der Waals surface area contributed by atoms with Crippen LogP contribution < -0.4 is 10.2 Å². The Balaban J connectivity index is 2.12. The minimum absolute atomic E-state index is 0.0753. The van der Waals surface area contributed by atoms with E-state index in [1.165, 1.54) is 11.1 Å². The largest absolute Gasteiger partial charge is 0.433 e. The van der Waals surface area contributed by atoms with Gasteiger partial charge in [-0.1, -0.05) is 5.21 Å². The van der Waals surface area contributed by atoms with Crippen LogP contribution in [0.5, 0.6) is 0 Å². The van der Waals surface area contributed by atoms with Crippen LogP contribution in [-0.2, 0) is 12.7 Å². The van der Waals surface area contributed by atoms with Gasteiger partial charge >= 0.3 is 6.18 Å². The van der Waals surface area contributed by atoms with Crippen LogP contribution >= 0.6 is 0 Å². The lowest BCUT2D eigenvalue weighted by Gasteiger charge is -2.15. The van der Waals surface area contributed by atoms with Crippen molar-refractivity contribution in [1.29, 1.82) is 0 Å². The van der Waals surface area contributed by atoms with Crippen molar-refractivity contribution in [2.45, 2.75) is 12.7 Å². The molecule has 21 heavy (non-hydrogen) atoms. The van der Waals surface area contributed by atoms with Crippen LogP contribution in [0, 0.1) is 0 Å². The van der Waals surface area contributed by atoms with Crippen molar-refractivity contribution in [3.05, 3.63) is 24.2 Å². The standard InChI is InChI=1S/C11H14F3N7/c1-20(2)9-7-8(11(12,13)14)17-10(18-9)15-3-5-21-6-4-16-19-21/h4,6-7H,3,5H2,1-2H3,(H,15,17,18). The summed E-state index contributed by atoms with van der Waals surface area (Å²) in [6.07, 6.45) is -1.35. The maximum absolute atomic E-state index is 12.8. The van der Waals surface area contributed by atoms with Gasteiger partial charge in [-0.2, -0.15) is 18.2 Å². The van der Waals surface area contributed by atoms with E-state index in [4.69, 9.17) is 0 Å². The molecule has 0 aliphatic heterocycles. The molecule has 0 bridgehead atoms. The minimum Gasteiger partial charge on any atom is -0.363 e. The predicted octanol–water partition coefficient (Wildman–Crippen LogP) is 1.26. The maximum atomic E-state index is 12.8. The Morgan fingerprint density at radius 3 is 2.62 bits per heavy atom. The molecule has 0 unspecified atom stereocenters. The monoisotopic (exact) mass is 301 g/mol. The smallest absolute Gasteiger partial charge is 0.363 e. The van der Waals surface area contributed by atoms with Crippen LogP contribution in [0.1, 0.15) is 5.69 Å². The molecular weight excluding hydrogens is 287 g/mol. The molecule has 0 spiro atoms. The highest BCUT2D eigenvalue weighted by Crippen LogP contribution is 2.30. The van der Waals surface area contributed by atoms with E-state index >= 15 is 0 Å². The Morgan fingerprint density at radius 2 is 2.05 bits per heavy atom. The van der Waals surface area contributed by atoms with Gasteiger partial charge in [0.25, 0.3) is 0 Å². The van der Waals surface area contributed by atoms with Gasteiger partial charge in [0.2, 0.25) is 5.95 Å². The third kappa shape index (κ3) is 4.04. The van der Waals surface area contributed by atoms with Crippen molar-refractivity contribution >= 4 is 11.8 Å². The first-order valence-corrected chi connectivity index (χ1v) is 6.08.